The average molecular weight is 229 g/mol. The number of rotatable bonds is 4. The van der Waals surface area contributed by atoms with Crippen LogP contribution in [0.1, 0.15) is 33.1 Å². The van der Waals surface area contributed by atoms with E-state index in [1.807, 2.05) is 13.8 Å². The van der Waals surface area contributed by atoms with Crippen molar-refractivity contribution in [1.82, 2.24) is 5.32 Å². The summed E-state index contributed by atoms with van der Waals surface area (Å²) in [6, 6.07) is 0. The Morgan fingerprint density at radius 3 is 2.56 bits per heavy atom. The van der Waals surface area contributed by atoms with Gasteiger partial charge >= 0.3 is 5.97 Å². The maximum absolute atomic E-state index is 11.8. The second-order valence-corrected chi connectivity index (χ2v) is 5.03. The van der Waals surface area contributed by atoms with E-state index < -0.39 is 12.1 Å². The zero-order chi connectivity index (χ0) is 12.3. The molecule has 0 spiro atoms. The van der Waals surface area contributed by atoms with Gasteiger partial charge in [0, 0.05) is 5.92 Å². The number of carboxylic acid groups (broad SMARTS) is 1. The van der Waals surface area contributed by atoms with Gasteiger partial charge in [-0.05, 0) is 18.3 Å². The number of aliphatic hydroxyl groups excluding tert-OH is 1. The van der Waals surface area contributed by atoms with Crippen molar-refractivity contribution in [3.05, 3.63) is 0 Å². The number of hydrogen-bond donors (Lipinski definition) is 3. The number of aliphatic hydroxyl groups is 1. The number of nitrogens with one attached hydrogen (secondary N) is 1. The number of carboxylic acids is 1. The third-order valence-corrected chi connectivity index (χ3v) is 3.33. The topological polar surface area (TPSA) is 86.6 Å². The van der Waals surface area contributed by atoms with E-state index in [0.29, 0.717) is 0 Å². The van der Waals surface area contributed by atoms with Gasteiger partial charge in [-0.1, -0.05) is 20.3 Å². The van der Waals surface area contributed by atoms with Crippen LogP contribution in [0.25, 0.3) is 0 Å². The molecule has 16 heavy (non-hydrogen) atoms. The number of carbonyl (C=O) groups excluding carboxylic acids is 1. The second kappa shape index (κ2) is 4.82. The predicted octanol–water partition coefficient (Wildman–Crippen LogP) is 0.374. The molecule has 5 heteroatoms. The smallest absolute Gasteiger partial charge is 0.334 e. The highest BCUT2D eigenvalue weighted by Crippen LogP contribution is 2.42. The highest BCUT2D eigenvalue weighted by Gasteiger charge is 2.39. The minimum absolute atomic E-state index is 0.0295. The fraction of sp³-hybridized carbons (Fsp3) is 0.818. The van der Waals surface area contributed by atoms with Gasteiger partial charge < -0.3 is 15.5 Å². The molecule has 0 aliphatic heterocycles. The molecule has 0 aromatic heterocycles. The van der Waals surface area contributed by atoms with Crippen LogP contribution in [0.5, 0.6) is 0 Å². The lowest BCUT2D eigenvalue weighted by Crippen LogP contribution is -2.41. The molecule has 1 saturated carbocycles. The molecule has 0 aromatic rings. The molecule has 1 aliphatic rings. The minimum atomic E-state index is -1.52. The van der Waals surface area contributed by atoms with Crippen LogP contribution in [0.2, 0.25) is 0 Å². The van der Waals surface area contributed by atoms with E-state index in [2.05, 4.69) is 5.32 Å². The van der Waals surface area contributed by atoms with Crippen molar-refractivity contribution in [2.24, 2.45) is 11.3 Å². The van der Waals surface area contributed by atoms with E-state index in [0.717, 1.165) is 19.3 Å². The number of amides is 1. The van der Waals surface area contributed by atoms with Crippen LogP contribution in [0.3, 0.4) is 0 Å². The molecule has 5 nitrogen and oxygen atoms in total. The molecule has 0 radical (unpaired) electrons. The summed E-state index contributed by atoms with van der Waals surface area (Å²) >= 11 is 0. The molecule has 2 atom stereocenters. The van der Waals surface area contributed by atoms with Crippen molar-refractivity contribution in [1.29, 1.82) is 0 Å². The van der Waals surface area contributed by atoms with Crippen LogP contribution in [0.4, 0.5) is 0 Å². The van der Waals surface area contributed by atoms with Crippen LogP contribution in [-0.2, 0) is 9.59 Å². The first-order valence-electron chi connectivity index (χ1n) is 5.53. The number of aliphatic carboxylic acids is 1. The summed E-state index contributed by atoms with van der Waals surface area (Å²) in [4.78, 5) is 22.1. The van der Waals surface area contributed by atoms with E-state index in [-0.39, 0.29) is 23.8 Å². The maximum Gasteiger partial charge on any atom is 0.334 e. The molecular weight excluding hydrogens is 210 g/mol. The van der Waals surface area contributed by atoms with E-state index >= 15 is 0 Å². The Morgan fingerprint density at radius 1 is 1.50 bits per heavy atom. The summed E-state index contributed by atoms with van der Waals surface area (Å²) < 4.78 is 0. The number of carbonyl (C=O) groups is 2. The molecule has 1 amide bonds. The quantitative estimate of drug-likeness (QED) is 0.650. The van der Waals surface area contributed by atoms with E-state index in [1.165, 1.54) is 0 Å². The molecule has 1 aliphatic carbocycles. The molecule has 0 bridgehead atoms. The Hall–Kier alpha value is -1.10. The molecule has 0 heterocycles. The van der Waals surface area contributed by atoms with Crippen molar-refractivity contribution in [2.45, 2.75) is 39.2 Å². The molecule has 92 valence electrons. The maximum atomic E-state index is 11.8. The predicted molar refractivity (Wildman–Crippen MR) is 57.8 cm³/mol. The fourth-order valence-corrected chi connectivity index (χ4v) is 2.22. The normalized spacial score (nSPS) is 25.1. The fourth-order valence-electron chi connectivity index (χ4n) is 2.22. The minimum Gasteiger partial charge on any atom is -0.479 e. The van der Waals surface area contributed by atoms with E-state index in [9.17, 15) is 9.59 Å². The molecule has 0 aromatic carbocycles. The largest absolute Gasteiger partial charge is 0.479 e. The Bertz CT molecular complexity index is 288. The van der Waals surface area contributed by atoms with Crippen molar-refractivity contribution >= 4 is 11.9 Å². The SMILES string of the molecule is CC1(C)CCCC1C(=O)NCC(O)C(=O)O. The third-order valence-electron chi connectivity index (χ3n) is 3.33. The third kappa shape index (κ3) is 2.95. The van der Waals surface area contributed by atoms with Gasteiger partial charge in [-0.3, -0.25) is 4.79 Å². The van der Waals surface area contributed by atoms with Gasteiger partial charge in [-0.2, -0.15) is 0 Å². The van der Waals surface area contributed by atoms with Crippen molar-refractivity contribution in [3.8, 4) is 0 Å². The van der Waals surface area contributed by atoms with Crippen molar-refractivity contribution in [2.75, 3.05) is 6.54 Å². The Labute approximate surface area is 94.8 Å². The van der Waals surface area contributed by atoms with Crippen molar-refractivity contribution in [3.63, 3.8) is 0 Å². The van der Waals surface area contributed by atoms with Gasteiger partial charge in [0.25, 0.3) is 0 Å². The lowest BCUT2D eigenvalue weighted by Gasteiger charge is -2.26. The first-order chi connectivity index (χ1) is 7.34. The van der Waals surface area contributed by atoms with E-state index in [4.69, 9.17) is 10.2 Å². The van der Waals surface area contributed by atoms with Crippen LogP contribution in [0.15, 0.2) is 0 Å². The van der Waals surface area contributed by atoms with Gasteiger partial charge in [0.15, 0.2) is 6.10 Å². The van der Waals surface area contributed by atoms with Gasteiger partial charge in [0.05, 0.1) is 6.54 Å². The van der Waals surface area contributed by atoms with Crippen LogP contribution in [-0.4, -0.2) is 34.7 Å². The Kier molecular flexibility index (Phi) is 3.91. The Balaban J connectivity index is 2.44. The second-order valence-electron chi connectivity index (χ2n) is 5.03. The highest BCUT2D eigenvalue weighted by atomic mass is 16.4. The molecule has 1 rings (SSSR count). The summed E-state index contributed by atoms with van der Waals surface area (Å²) in [5.74, 6) is -1.54. The molecule has 0 saturated heterocycles. The lowest BCUT2D eigenvalue weighted by atomic mass is 9.81. The van der Waals surface area contributed by atoms with Gasteiger partial charge in [0.2, 0.25) is 5.91 Å². The molecule has 2 unspecified atom stereocenters. The van der Waals surface area contributed by atoms with E-state index in [1.54, 1.807) is 0 Å². The highest BCUT2D eigenvalue weighted by molar-refractivity contribution is 5.81. The Morgan fingerprint density at radius 2 is 2.12 bits per heavy atom. The lowest BCUT2D eigenvalue weighted by molar-refractivity contribution is -0.146. The zero-order valence-corrected chi connectivity index (χ0v) is 9.69. The summed E-state index contributed by atoms with van der Waals surface area (Å²) in [6.45, 7) is 3.86. The first-order valence-corrected chi connectivity index (χ1v) is 5.53. The molecule has 3 N–H and O–H groups in total. The zero-order valence-electron chi connectivity index (χ0n) is 9.69. The number of hydrogen-bond acceptors (Lipinski definition) is 3. The standard InChI is InChI=1S/C11H19NO4/c1-11(2)5-3-4-7(11)9(14)12-6-8(13)10(15)16/h7-8,13H,3-6H2,1-2H3,(H,12,14)(H,15,16). The van der Waals surface area contributed by atoms with Gasteiger partial charge in [0.1, 0.15) is 0 Å². The molecule has 1 fully saturated rings. The summed E-state index contributed by atoms with van der Waals surface area (Å²) in [5, 5.41) is 20.0. The summed E-state index contributed by atoms with van der Waals surface area (Å²) in [7, 11) is 0. The van der Waals surface area contributed by atoms with Crippen LogP contribution >= 0.6 is 0 Å². The first kappa shape index (κ1) is 13.0. The van der Waals surface area contributed by atoms with Gasteiger partial charge in [-0.25, -0.2) is 4.79 Å². The van der Waals surface area contributed by atoms with Crippen molar-refractivity contribution < 1.29 is 19.8 Å². The van der Waals surface area contributed by atoms with Crippen LogP contribution < -0.4 is 5.32 Å². The molecular formula is C11H19NO4. The summed E-state index contributed by atoms with van der Waals surface area (Å²) in [5.41, 5.74) is -0.0295. The van der Waals surface area contributed by atoms with Crippen LogP contribution in [0, 0.1) is 11.3 Å². The van der Waals surface area contributed by atoms with Gasteiger partial charge in [-0.15, -0.1) is 0 Å². The summed E-state index contributed by atoms with van der Waals surface area (Å²) in [6.07, 6.45) is 1.34. The average Bonchev–Trinajstić information content (AvgIpc) is 2.53. The monoisotopic (exact) mass is 229 g/mol.